The van der Waals surface area contributed by atoms with Gasteiger partial charge in [0.05, 0.1) is 33.0 Å². The van der Waals surface area contributed by atoms with Gasteiger partial charge in [-0.25, -0.2) is 4.39 Å². The van der Waals surface area contributed by atoms with Crippen molar-refractivity contribution in [3.63, 3.8) is 0 Å². The number of hydrogen-bond donors (Lipinski definition) is 1. The van der Waals surface area contributed by atoms with Gasteiger partial charge in [-0.1, -0.05) is 0 Å². The normalized spacial score (nSPS) is 18.5. The van der Waals surface area contributed by atoms with Crippen molar-refractivity contribution >= 4 is 28.9 Å². The summed E-state index contributed by atoms with van der Waals surface area (Å²) in [5.74, 6) is 0.370. The van der Waals surface area contributed by atoms with Crippen molar-refractivity contribution in [2.45, 2.75) is 6.10 Å². The first-order valence-electron chi connectivity index (χ1n) is 12.2. The molecule has 2 aromatic rings. The molecule has 10 heteroatoms. The maximum absolute atomic E-state index is 13.5. The van der Waals surface area contributed by atoms with Gasteiger partial charge in [0.25, 0.3) is 5.91 Å². The number of anilines is 1. The van der Waals surface area contributed by atoms with Crippen LogP contribution in [0.3, 0.4) is 0 Å². The first-order chi connectivity index (χ1) is 17.5. The van der Waals surface area contributed by atoms with Crippen LogP contribution in [0.2, 0.25) is 0 Å². The molecule has 2 aliphatic heterocycles. The molecule has 2 aromatic carbocycles. The summed E-state index contributed by atoms with van der Waals surface area (Å²) in [7, 11) is 1.60. The summed E-state index contributed by atoms with van der Waals surface area (Å²) in [6.07, 6.45) is -0.196. The van der Waals surface area contributed by atoms with Crippen molar-refractivity contribution in [1.29, 1.82) is 0 Å². The van der Waals surface area contributed by atoms with E-state index >= 15 is 0 Å². The largest absolute Gasteiger partial charge is 0.497 e. The number of hydrogen-bond acceptors (Lipinski definition) is 6. The highest BCUT2D eigenvalue weighted by atomic mass is 32.1. The fourth-order valence-electron chi connectivity index (χ4n) is 4.27. The van der Waals surface area contributed by atoms with E-state index in [1.807, 2.05) is 9.80 Å². The van der Waals surface area contributed by atoms with Gasteiger partial charge in [0.1, 0.15) is 11.6 Å². The topological polar surface area (TPSA) is 66.5 Å². The smallest absolute Gasteiger partial charge is 0.253 e. The van der Waals surface area contributed by atoms with Crippen LogP contribution in [0.4, 0.5) is 10.1 Å². The number of methoxy groups -OCH3 is 1. The van der Waals surface area contributed by atoms with Gasteiger partial charge in [-0.15, -0.1) is 0 Å². The number of morpholine rings is 2. The third-order valence-electron chi connectivity index (χ3n) is 6.36. The maximum atomic E-state index is 13.5. The van der Waals surface area contributed by atoms with Crippen molar-refractivity contribution < 1.29 is 23.4 Å². The molecule has 0 saturated carbocycles. The van der Waals surface area contributed by atoms with Gasteiger partial charge in [0.2, 0.25) is 0 Å². The van der Waals surface area contributed by atoms with Gasteiger partial charge < -0.3 is 29.3 Å². The molecular weight excluding hydrogens is 483 g/mol. The molecule has 194 valence electrons. The molecule has 0 bridgehead atoms. The van der Waals surface area contributed by atoms with Crippen LogP contribution in [-0.2, 0) is 9.47 Å². The van der Waals surface area contributed by atoms with E-state index in [9.17, 15) is 9.18 Å². The SMILES string of the molecule is COc1ccc(C(=O)N(CCN2CCOCC2)C[C@@H]2CN(C(=S)Nc3ccc(F)cc3)CCO2)cc1. The molecule has 8 nitrogen and oxygen atoms in total. The molecule has 4 rings (SSSR count). The van der Waals surface area contributed by atoms with Crippen molar-refractivity contribution in [1.82, 2.24) is 14.7 Å². The average Bonchev–Trinajstić information content (AvgIpc) is 2.92. The first kappa shape index (κ1) is 26.3. The molecule has 0 spiro atoms. The van der Waals surface area contributed by atoms with Crippen LogP contribution >= 0.6 is 12.2 Å². The number of ether oxygens (including phenoxy) is 3. The number of nitrogens with one attached hydrogen (secondary N) is 1. The predicted octanol–water partition coefficient (Wildman–Crippen LogP) is 2.71. The van der Waals surface area contributed by atoms with Crippen LogP contribution in [0.25, 0.3) is 0 Å². The highest BCUT2D eigenvalue weighted by Gasteiger charge is 2.27. The van der Waals surface area contributed by atoms with Crippen LogP contribution in [0.5, 0.6) is 5.75 Å². The zero-order valence-corrected chi connectivity index (χ0v) is 21.3. The van der Waals surface area contributed by atoms with Crippen LogP contribution < -0.4 is 10.1 Å². The highest BCUT2D eigenvalue weighted by molar-refractivity contribution is 7.80. The van der Waals surface area contributed by atoms with E-state index in [0.717, 1.165) is 25.3 Å². The van der Waals surface area contributed by atoms with Gasteiger partial charge in [0.15, 0.2) is 5.11 Å². The Hall–Kier alpha value is -2.79. The minimum atomic E-state index is -0.295. The Morgan fingerprint density at radius 1 is 1.11 bits per heavy atom. The second-order valence-electron chi connectivity index (χ2n) is 8.81. The lowest BCUT2D eigenvalue weighted by Gasteiger charge is -2.37. The Morgan fingerprint density at radius 3 is 2.53 bits per heavy atom. The van der Waals surface area contributed by atoms with E-state index < -0.39 is 0 Å². The third kappa shape index (κ3) is 7.36. The molecule has 36 heavy (non-hydrogen) atoms. The number of nitrogens with zero attached hydrogens (tertiary/aromatic N) is 3. The summed E-state index contributed by atoms with van der Waals surface area (Å²) in [6, 6.07) is 13.3. The summed E-state index contributed by atoms with van der Waals surface area (Å²) in [5, 5.41) is 3.72. The summed E-state index contributed by atoms with van der Waals surface area (Å²) in [6.45, 7) is 6.66. The van der Waals surface area contributed by atoms with Gasteiger partial charge in [-0.2, -0.15) is 0 Å². The molecule has 2 fully saturated rings. The molecule has 0 aliphatic carbocycles. The molecule has 0 unspecified atom stereocenters. The quantitative estimate of drug-likeness (QED) is 0.538. The fraction of sp³-hybridized carbons (Fsp3) is 0.462. The monoisotopic (exact) mass is 516 g/mol. The summed E-state index contributed by atoms with van der Waals surface area (Å²) < 4.78 is 30.0. The average molecular weight is 517 g/mol. The number of thiocarbonyl (C=S) groups is 1. The molecule has 2 saturated heterocycles. The maximum Gasteiger partial charge on any atom is 0.253 e. The second-order valence-corrected chi connectivity index (χ2v) is 9.20. The first-order valence-corrected chi connectivity index (χ1v) is 12.6. The number of carbonyl (C=O) groups is 1. The molecular formula is C26H33FN4O4S. The van der Waals surface area contributed by atoms with Crippen molar-refractivity contribution in [3.05, 3.63) is 59.9 Å². The summed E-state index contributed by atoms with van der Waals surface area (Å²) in [4.78, 5) is 19.7. The van der Waals surface area contributed by atoms with Crippen molar-refractivity contribution in [2.24, 2.45) is 0 Å². The number of carbonyl (C=O) groups excluding carboxylic acids is 1. The van der Waals surface area contributed by atoms with E-state index in [2.05, 4.69) is 10.2 Å². The Labute approximate surface area is 216 Å². The predicted molar refractivity (Wildman–Crippen MR) is 140 cm³/mol. The van der Waals surface area contributed by atoms with Gasteiger partial charge >= 0.3 is 0 Å². The van der Waals surface area contributed by atoms with Crippen molar-refractivity contribution in [2.75, 3.05) is 78.1 Å². The Morgan fingerprint density at radius 2 is 1.83 bits per heavy atom. The zero-order chi connectivity index (χ0) is 25.3. The number of rotatable bonds is 8. The van der Waals surface area contributed by atoms with E-state index in [0.29, 0.717) is 62.4 Å². The minimum absolute atomic E-state index is 0.0429. The lowest BCUT2D eigenvalue weighted by molar-refractivity contribution is -0.0228. The van der Waals surface area contributed by atoms with E-state index in [1.165, 1.54) is 12.1 Å². The number of halogens is 1. The van der Waals surface area contributed by atoms with Crippen LogP contribution in [0.15, 0.2) is 48.5 Å². The Balaban J connectivity index is 1.40. The van der Waals surface area contributed by atoms with Crippen LogP contribution in [0, 0.1) is 5.82 Å². The molecule has 2 aliphatic rings. The molecule has 1 atom stereocenters. The fourth-order valence-corrected chi connectivity index (χ4v) is 4.56. The number of amides is 1. The lowest BCUT2D eigenvalue weighted by atomic mass is 10.1. The third-order valence-corrected chi connectivity index (χ3v) is 6.72. The lowest BCUT2D eigenvalue weighted by Crippen LogP contribution is -2.52. The second kappa shape index (κ2) is 13.0. The Kier molecular flexibility index (Phi) is 9.46. The van der Waals surface area contributed by atoms with Gasteiger partial charge in [-0.05, 0) is 60.7 Å². The van der Waals surface area contributed by atoms with E-state index in [4.69, 9.17) is 26.4 Å². The summed E-state index contributed by atoms with van der Waals surface area (Å²) >= 11 is 5.60. The Bertz CT molecular complexity index is 1000. The van der Waals surface area contributed by atoms with Crippen molar-refractivity contribution in [3.8, 4) is 5.75 Å². The van der Waals surface area contributed by atoms with Gasteiger partial charge in [0, 0.05) is 57.1 Å². The van der Waals surface area contributed by atoms with Gasteiger partial charge in [-0.3, -0.25) is 9.69 Å². The summed E-state index contributed by atoms with van der Waals surface area (Å²) in [5.41, 5.74) is 1.34. The standard InChI is InChI=1S/C26H33FN4O4S/c1-33-23-8-2-20(3-9-23)25(32)30(11-10-29-12-15-34-16-13-29)18-24-19-31(14-17-35-24)26(36)28-22-6-4-21(27)5-7-22/h2-9,24H,10-19H2,1H3,(H,28,36)/t24-/m1/s1. The van der Waals surface area contributed by atoms with Crippen LogP contribution in [0.1, 0.15) is 10.4 Å². The molecule has 1 N–H and O–H groups in total. The van der Waals surface area contributed by atoms with Crippen LogP contribution in [-0.4, -0.2) is 105 Å². The zero-order valence-electron chi connectivity index (χ0n) is 20.5. The molecule has 1 amide bonds. The molecule has 0 aromatic heterocycles. The minimum Gasteiger partial charge on any atom is -0.497 e. The molecule has 0 radical (unpaired) electrons. The van der Waals surface area contributed by atoms with E-state index in [1.54, 1.807) is 43.5 Å². The van der Waals surface area contributed by atoms with E-state index in [-0.39, 0.29) is 17.8 Å². The molecule has 2 heterocycles. The number of benzene rings is 2. The highest BCUT2D eigenvalue weighted by Crippen LogP contribution is 2.16.